The highest BCUT2D eigenvalue weighted by Crippen LogP contribution is 2.32. The fourth-order valence-electron chi connectivity index (χ4n) is 3.32. The molecule has 1 aliphatic heterocycles. The smallest absolute Gasteiger partial charge is 0.335 e. The number of anilines is 1. The molecule has 3 aromatic carbocycles. The molecule has 1 N–H and O–H groups in total. The van der Waals surface area contributed by atoms with Crippen LogP contribution in [0.1, 0.15) is 11.1 Å². The molecule has 0 aromatic heterocycles. The van der Waals surface area contributed by atoms with Crippen LogP contribution in [0.2, 0.25) is 10.0 Å². The van der Waals surface area contributed by atoms with Gasteiger partial charge in [0.2, 0.25) is 0 Å². The molecule has 0 bridgehead atoms. The van der Waals surface area contributed by atoms with Gasteiger partial charge in [-0.15, -0.1) is 0 Å². The summed E-state index contributed by atoms with van der Waals surface area (Å²) < 4.78 is 12.3. The minimum absolute atomic E-state index is 0.163. The second kappa shape index (κ2) is 10.5. The number of rotatable bonds is 6. The molecule has 35 heavy (non-hydrogen) atoms. The van der Waals surface area contributed by atoms with Crippen LogP contribution in [0.4, 0.5) is 10.5 Å². The van der Waals surface area contributed by atoms with E-state index >= 15 is 0 Å². The number of halogens is 3. The number of amides is 4. The maximum Gasteiger partial charge on any atom is 0.335 e. The highest BCUT2D eigenvalue weighted by Gasteiger charge is 2.37. The summed E-state index contributed by atoms with van der Waals surface area (Å²) in [5, 5.41) is 2.60. The van der Waals surface area contributed by atoms with Crippen LogP contribution >= 0.6 is 39.1 Å². The van der Waals surface area contributed by atoms with E-state index in [4.69, 9.17) is 32.7 Å². The van der Waals surface area contributed by atoms with E-state index in [1.54, 1.807) is 18.2 Å². The van der Waals surface area contributed by atoms with Gasteiger partial charge in [-0.3, -0.25) is 14.9 Å². The monoisotopic (exact) mass is 574 g/mol. The lowest BCUT2D eigenvalue weighted by Crippen LogP contribution is -2.54. The van der Waals surface area contributed by atoms with Crippen LogP contribution in [0, 0.1) is 0 Å². The summed E-state index contributed by atoms with van der Waals surface area (Å²) in [6.07, 6.45) is 1.37. The van der Waals surface area contributed by atoms with Crippen molar-refractivity contribution in [3.05, 3.63) is 91.9 Å². The first-order valence-electron chi connectivity index (χ1n) is 10.2. The Labute approximate surface area is 219 Å². The molecule has 0 radical (unpaired) electrons. The molecular formula is C25H17BrCl2N2O5. The Morgan fingerprint density at radius 1 is 0.943 bits per heavy atom. The summed E-state index contributed by atoms with van der Waals surface area (Å²) in [5.74, 6) is -0.709. The van der Waals surface area contributed by atoms with Crippen LogP contribution in [-0.4, -0.2) is 25.0 Å². The molecule has 0 atom stereocenters. The van der Waals surface area contributed by atoms with Crippen LogP contribution in [-0.2, 0) is 16.2 Å². The summed E-state index contributed by atoms with van der Waals surface area (Å²) in [5.41, 5.74) is 1.41. The van der Waals surface area contributed by atoms with E-state index in [0.717, 1.165) is 14.9 Å². The number of nitrogens with one attached hydrogen (secondary N) is 1. The highest BCUT2D eigenvalue weighted by molar-refractivity contribution is 9.10. The zero-order valence-electron chi connectivity index (χ0n) is 18.2. The lowest BCUT2D eigenvalue weighted by molar-refractivity contribution is -0.122. The van der Waals surface area contributed by atoms with Crippen LogP contribution < -0.4 is 19.7 Å². The summed E-state index contributed by atoms with van der Waals surface area (Å²) in [6, 6.07) is 16.1. The fraction of sp³-hybridized carbons (Fsp3) is 0.0800. The minimum atomic E-state index is -0.884. The maximum absolute atomic E-state index is 13.1. The van der Waals surface area contributed by atoms with Gasteiger partial charge in [0.05, 0.1) is 22.8 Å². The van der Waals surface area contributed by atoms with E-state index in [-0.39, 0.29) is 21.3 Å². The fourth-order valence-corrected chi connectivity index (χ4v) is 3.87. The Kier molecular flexibility index (Phi) is 7.45. The van der Waals surface area contributed by atoms with Gasteiger partial charge in [0.15, 0.2) is 11.5 Å². The summed E-state index contributed by atoms with van der Waals surface area (Å²) in [4.78, 5) is 38.8. The molecule has 0 spiro atoms. The van der Waals surface area contributed by atoms with Crippen LogP contribution in [0.15, 0.2) is 70.7 Å². The molecule has 0 aliphatic carbocycles. The molecule has 0 unspecified atom stereocenters. The lowest BCUT2D eigenvalue weighted by Gasteiger charge is -2.26. The van der Waals surface area contributed by atoms with Crippen LogP contribution in [0.3, 0.4) is 0 Å². The number of hydrogen-bond acceptors (Lipinski definition) is 5. The number of methoxy groups -OCH3 is 1. The van der Waals surface area contributed by atoms with Crippen LogP contribution in [0.25, 0.3) is 6.08 Å². The Hall–Kier alpha value is -3.33. The van der Waals surface area contributed by atoms with Crippen LogP contribution in [0.5, 0.6) is 11.5 Å². The van der Waals surface area contributed by atoms with Crippen molar-refractivity contribution in [1.82, 2.24) is 5.32 Å². The molecule has 1 heterocycles. The summed E-state index contributed by atoms with van der Waals surface area (Å²) >= 11 is 15.4. The topological polar surface area (TPSA) is 84.9 Å². The van der Waals surface area contributed by atoms with Crippen molar-refractivity contribution in [2.24, 2.45) is 0 Å². The highest BCUT2D eigenvalue weighted by atomic mass is 79.9. The molecular weight excluding hydrogens is 559 g/mol. The average molecular weight is 576 g/mol. The van der Waals surface area contributed by atoms with Gasteiger partial charge in [-0.25, -0.2) is 9.69 Å². The molecule has 3 aromatic rings. The molecule has 7 nitrogen and oxygen atoms in total. The first-order chi connectivity index (χ1) is 16.8. The van der Waals surface area contributed by atoms with E-state index in [1.807, 2.05) is 24.3 Å². The van der Waals surface area contributed by atoms with Crippen molar-refractivity contribution >= 4 is 68.7 Å². The molecule has 4 amide bonds. The normalized spacial score (nSPS) is 14.8. The molecule has 178 valence electrons. The van der Waals surface area contributed by atoms with Crippen molar-refractivity contribution in [2.75, 3.05) is 12.0 Å². The zero-order valence-corrected chi connectivity index (χ0v) is 21.3. The molecule has 10 heteroatoms. The Bertz CT molecular complexity index is 1360. The van der Waals surface area contributed by atoms with Crippen molar-refractivity contribution < 1.29 is 23.9 Å². The predicted octanol–water partition coefficient (Wildman–Crippen LogP) is 6.01. The Balaban J connectivity index is 1.59. The maximum atomic E-state index is 13.1. The second-order valence-electron chi connectivity index (χ2n) is 7.38. The first-order valence-corrected chi connectivity index (χ1v) is 11.7. The van der Waals surface area contributed by atoms with E-state index < -0.39 is 17.8 Å². The number of ether oxygens (including phenoxy) is 2. The first kappa shape index (κ1) is 24.8. The Morgan fingerprint density at radius 3 is 2.37 bits per heavy atom. The van der Waals surface area contributed by atoms with Gasteiger partial charge in [0, 0.05) is 4.47 Å². The average Bonchev–Trinajstić information content (AvgIpc) is 2.83. The van der Waals surface area contributed by atoms with Crippen molar-refractivity contribution in [3.8, 4) is 11.5 Å². The number of carbonyl (C=O) groups is 3. The minimum Gasteiger partial charge on any atom is -0.493 e. The quantitative estimate of drug-likeness (QED) is 0.287. The van der Waals surface area contributed by atoms with Crippen molar-refractivity contribution in [3.63, 3.8) is 0 Å². The molecule has 4 rings (SSSR count). The van der Waals surface area contributed by atoms with Gasteiger partial charge in [-0.2, -0.15) is 0 Å². The summed E-state index contributed by atoms with van der Waals surface area (Å²) in [7, 11) is 1.49. The standard InChI is InChI=1S/C25H17BrCl2N2O5/c1-34-22-11-15(4-9-21(22)35-13-14-2-5-16(26)6-3-14)10-18-23(31)29-25(33)30(24(18)32)17-7-8-19(27)20(28)12-17/h2-12H,13H2,1H3,(H,29,31,33)/b18-10+. The third-order valence-electron chi connectivity index (χ3n) is 5.07. The largest absolute Gasteiger partial charge is 0.493 e. The molecule has 1 fully saturated rings. The number of nitrogens with zero attached hydrogens (tertiary/aromatic N) is 1. The third-order valence-corrected chi connectivity index (χ3v) is 6.34. The van der Waals surface area contributed by atoms with E-state index in [9.17, 15) is 14.4 Å². The number of benzene rings is 3. The number of urea groups is 1. The van der Waals surface area contributed by atoms with E-state index in [2.05, 4.69) is 21.2 Å². The van der Waals surface area contributed by atoms with Gasteiger partial charge in [-0.05, 0) is 59.7 Å². The van der Waals surface area contributed by atoms with Gasteiger partial charge in [0.25, 0.3) is 11.8 Å². The van der Waals surface area contributed by atoms with Gasteiger partial charge in [0.1, 0.15) is 12.2 Å². The van der Waals surface area contributed by atoms with E-state index in [1.165, 1.54) is 31.4 Å². The number of carbonyl (C=O) groups excluding carboxylic acids is 3. The number of imide groups is 2. The number of hydrogen-bond donors (Lipinski definition) is 1. The molecule has 0 saturated carbocycles. The lowest BCUT2D eigenvalue weighted by atomic mass is 10.1. The predicted molar refractivity (Wildman–Crippen MR) is 137 cm³/mol. The molecule has 1 saturated heterocycles. The zero-order chi connectivity index (χ0) is 25.1. The third kappa shape index (κ3) is 5.51. The van der Waals surface area contributed by atoms with E-state index in [0.29, 0.717) is 23.7 Å². The van der Waals surface area contributed by atoms with Gasteiger partial charge >= 0.3 is 6.03 Å². The van der Waals surface area contributed by atoms with Crippen molar-refractivity contribution in [1.29, 1.82) is 0 Å². The van der Waals surface area contributed by atoms with Crippen molar-refractivity contribution in [2.45, 2.75) is 6.61 Å². The van der Waals surface area contributed by atoms with Gasteiger partial charge in [-0.1, -0.05) is 57.3 Å². The molecule has 1 aliphatic rings. The SMILES string of the molecule is COc1cc(/C=C2\C(=O)NC(=O)N(c3ccc(Cl)c(Cl)c3)C2=O)ccc1OCc1ccc(Br)cc1. The summed E-state index contributed by atoms with van der Waals surface area (Å²) in [6.45, 7) is 0.325. The van der Waals surface area contributed by atoms with Gasteiger partial charge < -0.3 is 9.47 Å². The Morgan fingerprint density at radius 2 is 1.69 bits per heavy atom. The second-order valence-corrected chi connectivity index (χ2v) is 9.11. The number of barbiturate groups is 1.